The van der Waals surface area contributed by atoms with Crippen LogP contribution in [0.2, 0.25) is 0 Å². The maximum atomic E-state index is 11.5. The third kappa shape index (κ3) is 2.57. The Bertz CT molecular complexity index is 435. The van der Waals surface area contributed by atoms with Gasteiger partial charge in [0.2, 0.25) is 5.75 Å². The molecule has 2 atom stereocenters. The number of H-pyrrole nitrogens is 1. The van der Waals surface area contributed by atoms with Crippen LogP contribution in [0.1, 0.15) is 19.3 Å². The maximum absolute atomic E-state index is 11.5. The third-order valence-corrected chi connectivity index (χ3v) is 4.26. The van der Waals surface area contributed by atoms with Crippen molar-refractivity contribution < 1.29 is 4.74 Å². The molecular weight excluding hydrogens is 238 g/mol. The Balaban J connectivity index is 2.18. The van der Waals surface area contributed by atoms with Crippen LogP contribution in [-0.4, -0.2) is 34.6 Å². The van der Waals surface area contributed by atoms with Crippen molar-refractivity contribution in [2.45, 2.75) is 30.6 Å². The lowest BCUT2D eigenvalue weighted by atomic mass is 10.2. The van der Waals surface area contributed by atoms with E-state index in [9.17, 15) is 4.79 Å². The lowest BCUT2D eigenvalue weighted by Gasteiger charge is -2.20. The van der Waals surface area contributed by atoms with E-state index >= 15 is 0 Å². The summed E-state index contributed by atoms with van der Waals surface area (Å²) < 4.78 is 5.08. The summed E-state index contributed by atoms with van der Waals surface area (Å²) in [6.45, 7) is 0. The first-order valence-electron chi connectivity index (χ1n) is 5.67. The minimum Gasteiger partial charge on any atom is -0.489 e. The summed E-state index contributed by atoms with van der Waals surface area (Å²) in [5, 5.41) is 3.91. The number of thioether (sulfide) groups is 1. The Morgan fingerprint density at radius 1 is 1.59 bits per heavy atom. The van der Waals surface area contributed by atoms with Crippen LogP contribution in [0.4, 0.5) is 5.82 Å². The summed E-state index contributed by atoms with van der Waals surface area (Å²) in [4.78, 5) is 18.2. The molecule has 0 radical (unpaired) electrons. The van der Waals surface area contributed by atoms with Gasteiger partial charge in [-0.25, -0.2) is 4.98 Å². The fourth-order valence-electron chi connectivity index (χ4n) is 2.23. The van der Waals surface area contributed by atoms with Gasteiger partial charge >= 0.3 is 0 Å². The minimum absolute atomic E-state index is 0.247. The number of rotatable bonds is 4. The molecule has 1 aromatic rings. The van der Waals surface area contributed by atoms with Crippen LogP contribution in [0.15, 0.2) is 11.1 Å². The molecule has 0 aliphatic heterocycles. The van der Waals surface area contributed by atoms with E-state index in [2.05, 4.69) is 21.5 Å². The van der Waals surface area contributed by atoms with Gasteiger partial charge in [0.25, 0.3) is 5.56 Å². The van der Waals surface area contributed by atoms with E-state index in [1.165, 1.54) is 26.3 Å². The molecule has 2 rings (SSSR count). The summed E-state index contributed by atoms with van der Waals surface area (Å²) in [7, 11) is 1.48. The zero-order valence-corrected chi connectivity index (χ0v) is 10.8. The minimum atomic E-state index is -0.247. The van der Waals surface area contributed by atoms with Crippen LogP contribution >= 0.6 is 11.8 Å². The molecule has 2 unspecified atom stereocenters. The first kappa shape index (κ1) is 12.3. The molecule has 1 heterocycles. The van der Waals surface area contributed by atoms with Crippen LogP contribution in [0, 0.1) is 0 Å². The average molecular weight is 255 g/mol. The van der Waals surface area contributed by atoms with Crippen LogP contribution in [0.5, 0.6) is 5.75 Å². The van der Waals surface area contributed by atoms with E-state index in [4.69, 9.17) is 4.74 Å². The molecule has 1 aliphatic rings. The second-order valence-electron chi connectivity index (χ2n) is 4.07. The molecule has 0 saturated heterocycles. The van der Waals surface area contributed by atoms with Gasteiger partial charge in [-0.1, -0.05) is 6.42 Å². The van der Waals surface area contributed by atoms with Crippen molar-refractivity contribution in [2.75, 3.05) is 18.7 Å². The summed E-state index contributed by atoms with van der Waals surface area (Å²) in [5.74, 6) is 0.807. The summed E-state index contributed by atoms with van der Waals surface area (Å²) >= 11 is 1.86. The topological polar surface area (TPSA) is 67.0 Å². The SMILES string of the molecule is COc1c(NC2CCCC2SC)nc[nH]c1=O. The number of nitrogens with one attached hydrogen (secondary N) is 2. The van der Waals surface area contributed by atoms with Crippen LogP contribution < -0.4 is 15.6 Å². The van der Waals surface area contributed by atoms with Gasteiger partial charge in [-0.05, 0) is 19.1 Å². The van der Waals surface area contributed by atoms with E-state index in [-0.39, 0.29) is 11.3 Å². The number of hydrogen-bond acceptors (Lipinski definition) is 5. The molecule has 1 fully saturated rings. The summed E-state index contributed by atoms with van der Waals surface area (Å²) in [6, 6.07) is 0.369. The molecule has 1 aromatic heterocycles. The van der Waals surface area contributed by atoms with Crippen LogP contribution in [0.25, 0.3) is 0 Å². The Kier molecular flexibility index (Phi) is 3.93. The number of methoxy groups -OCH3 is 1. The molecule has 17 heavy (non-hydrogen) atoms. The predicted molar refractivity (Wildman–Crippen MR) is 70.0 cm³/mol. The molecule has 0 amide bonds. The van der Waals surface area contributed by atoms with E-state index < -0.39 is 0 Å². The molecule has 0 bridgehead atoms. The number of hydrogen-bond donors (Lipinski definition) is 2. The van der Waals surface area contributed by atoms with Gasteiger partial charge in [-0.15, -0.1) is 0 Å². The molecular formula is C11H17N3O2S. The fraction of sp³-hybridized carbons (Fsp3) is 0.636. The molecule has 6 heteroatoms. The standard InChI is InChI=1S/C11H17N3O2S/c1-16-9-10(12-6-13-11(9)15)14-7-4-3-5-8(7)17-2/h6-8H,3-5H2,1-2H3,(H2,12,13,14,15). The molecule has 1 saturated carbocycles. The highest BCUT2D eigenvalue weighted by molar-refractivity contribution is 7.99. The Labute approximate surface area is 104 Å². The first-order chi connectivity index (χ1) is 8.26. The zero-order chi connectivity index (χ0) is 12.3. The highest BCUT2D eigenvalue weighted by Gasteiger charge is 2.27. The average Bonchev–Trinajstić information content (AvgIpc) is 2.77. The lowest BCUT2D eigenvalue weighted by molar-refractivity contribution is 0.407. The second kappa shape index (κ2) is 5.44. The maximum Gasteiger partial charge on any atom is 0.295 e. The number of aromatic amines is 1. The summed E-state index contributed by atoms with van der Waals surface area (Å²) in [6.07, 6.45) is 7.06. The van der Waals surface area contributed by atoms with Gasteiger partial charge < -0.3 is 15.0 Å². The van der Waals surface area contributed by atoms with Gasteiger partial charge in [0.1, 0.15) is 0 Å². The Hall–Kier alpha value is -1.17. The van der Waals surface area contributed by atoms with E-state index in [0.717, 1.165) is 6.42 Å². The third-order valence-electron chi connectivity index (χ3n) is 3.09. The molecule has 94 valence electrons. The van der Waals surface area contributed by atoms with Crippen molar-refractivity contribution in [3.63, 3.8) is 0 Å². The number of ether oxygens (including phenoxy) is 1. The number of nitrogens with zero attached hydrogens (tertiary/aromatic N) is 1. The molecule has 0 aromatic carbocycles. The Morgan fingerprint density at radius 3 is 3.12 bits per heavy atom. The highest BCUT2D eigenvalue weighted by atomic mass is 32.2. The van der Waals surface area contributed by atoms with Crippen molar-refractivity contribution in [2.24, 2.45) is 0 Å². The summed E-state index contributed by atoms with van der Waals surface area (Å²) in [5.41, 5.74) is -0.247. The van der Waals surface area contributed by atoms with Gasteiger partial charge in [-0.3, -0.25) is 4.79 Å². The van der Waals surface area contributed by atoms with Crippen LogP contribution in [-0.2, 0) is 0 Å². The van der Waals surface area contributed by atoms with Gasteiger partial charge in [0, 0.05) is 11.3 Å². The zero-order valence-electron chi connectivity index (χ0n) is 10.0. The van der Waals surface area contributed by atoms with Gasteiger partial charge in [-0.2, -0.15) is 11.8 Å². The van der Waals surface area contributed by atoms with Gasteiger partial charge in [0.15, 0.2) is 5.82 Å². The van der Waals surface area contributed by atoms with Crippen molar-refractivity contribution in [1.82, 2.24) is 9.97 Å². The first-order valence-corrected chi connectivity index (χ1v) is 6.96. The predicted octanol–water partition coefficient (Wildman–Crippen LogP) is 1.47. The van der Waals surface area contributed by atoms with E-state index in [1.54, 1.807) is 0 Å². The van der Waals surface area contributed by atoms with Crippen molar-refractivity contribution in [3.8, 4) is 5.75 Å². The van der Waals surface area contributed by atoms with Crippen molar-refractivity contribution in [3.05, 3.63) is 16.7 Å². The molecule has 1 aliphatic carbocycles. The smallest absolute Gasteiger partial charge is 0.295 e. The fourth-order valence-corrected chi connectivity index (χ4v) is 3.16. The van der Waals surface area contributed by atoms with E-state index in [1.807, 2.05) is 11.8 Å². The molecule has 5 nitrogen and oxygen atoms in total. The highest BCUT2D eigenvalue weighted by Crippen LogP contribution is 2.31. The number of anilines is 1. The largest absolute Gasteiger partial charge is 0.489 e. The Morgan fingerprint density at radius 2 is 2.41 bits per heavy atom. The molecule has 2 N–H and O–H groups in total. The van der Waals surface area contributed by atoms with Crippen molar-refractivity contribution >= 4 is 17.6 Å². The monoisotopic (exact) mass is 255 g/mol. The number of aromatic nitrogens is 2. The normalized spacial score (nSPS) is 23.6. The second-order valence-corrected chi connectivity index (χ2v) is 5.15. The van der Waals surface area contributed by atoms with Gasteiger partial charge in [0.05, 0.1) is 13.4 Å². The molecule has 0 spiro atoms. The van der Waals surface area contributed by atoms with Crippen molar-refractivity contribution in [1.29, 1.82) is 0 Å². The lowest BCUT2D eigenvalue weighted by Crippen LogP contribution is -2.27. The van der Waals surface area contributed by atoms with E-state index in [0.29, 0.717) is 17.1 Å². The quantitative estimate of drug-likeness (QED) is 0.853. The van der Waals surface area contributed by atoms with Crippen LogP contribution in [0.3, 0.4) is 0 Å².